The Labute approximate surface area is 155 Å². The lowest BCUT2D eigenvalue weighted by Gasteiger charge is -2.38. The van der Waals surface area contributed by atoms with Gasteiger partial charge in [0, 0.05) is 31.1 Å². The van der Waals surface area contributed by atoms with Crippen molar-refractivity contribution in [2.45, 2.75) is 9.77 Å². The molecule has 3 aliphatic rings. The number of benzene rings is 1. The van der Waals surface area contributed by atoms with E-state index in [1.54, 1.807) is 9.80 Å². The average Bonchev–Trinajstić information content (AvgIpc) is 2.73. The zero-order chi connectivity index (χ0) is 18.0. The standard InChI is InChI=1S/C17H20N4O4S/c22-15(20-5-9-24-10-6-20)17(16(23)21-7-11-25-12-8-21)19-18-13-3-1-2-4-14(13)26-17/h1-4H,5-12H2. The Morgan fingerprint density at radius 3 is 2.04 bits per heavy atom. The van der Waals surface area contributed by atoms with Gasteiger partial charge in [-0.3, -0.25) is 9.59 Å². The van der Waals surface area contributed by atoms with Crippen LogP contribution in [0.5, 0.6) is 0 Å². The molecular weight excluding hydrogens is 356 g/mol. The minimum absolute atomic E-state index is 0.319. The van der Waals surface area contributed by atoms with Crippen molar-refractivity contribution < 1.29 is 19.1 Å². The summed E-state index contributed by atoms with van der Waals surface area (Å²) < 4.78 is 10.7. The molecule has 0 spiro atoms. The SMILES string of the molecule is O=C(N1CCOCC1)C1(C(=O)N2CCOCC2)N=Nc2ccccc2S1. The summed E-state index contributed by atoms with van der Waals surface area (Å²) in [4.78, 5) is 29.3. The maximum atomic E-state index is 13.4. The molecule has 1 aromatic carbocycles. The summed E-state index contributed by atoms with van der Waals surface area (Å²) in [5.41, 5.74) is 0.678. The van der Waals surface area contributed by atoms with Crippen molar-refractivity contribution in [3.63, 3.8) is 0 Å². The van der Waals surface area contributed by atoms with Crippen LogP contribution in [0.2, 0.25) is 0 Å². The molecule has 0 N–H and O–H groups in total. The van der Waals surface area contributed by atoms with Crippen LogP contribution in [0.1, 0.15) is 0 Å². The highest BCUT2D eigenvalue weighted by Crippen LogP contribution is 2.46. The Balaban J connectivity index is 1.69. The smallest absolute Gasteiger partial charge is 0.287 e. The van der Waals surface area contributed by atoms with Gasteiger partial charge >= 0.3 is 0 Å². The van der Waals surface area contributed by atoms with Gasteiger partial charge in [-0.25, -0.2) is 0 Å². The summed E-state index contributed by atoms with van der Waals surface area (Å²) >= 11 is 1.18. The maximum absolute atomic E-state index is 13.4. The maximum Gasteiger partial charge on any atom is 0.287 e. The lowest BCUT2D eigenvalue weighted by Crippen LogP contribution is -2.59. The van der Waals surface area contributed by atoms with Gasteiger partial charge < -0.3 is 19.3 Å². The molecule has 0 radical (unpaired) electrons. The molecule has 138 valence electrons. The second kappa shape index (κ2) is 7.34. The molecule has 9 heteroatoms. The number of fused-ring (bicyclic) bond motifs is 1. The number of nitrogens with zero attached hydrogens (tertiary/aromatic N) is 4. The number of hydrogen-bond donors (Lipinski definition) is 0. The van der Waals surface area contributed by atoms with E-state index in [9.17, 15) is 9.59 Å². The minimum atomic E-state index is -1.61. The van der Waals surface area contributed by atoms with Gasteiger partial charge in [-0.15, -0.1) is 5.11 Å². The number of azo groups is 1. The fourth-order valence-corrected chi connectivity index (χ4v) is 4.35. The minimum Gasteiger partial charge on any atom is -0.378 e. The molecule has 26 heavy (non-hydrogen) atoms. The van der Waals surface area contributed by atoms with Gasteiger partial charge in [0.25, 0.3) is 16.7 Å². The third-order valence-electron chi connectivity index (χ3n) is 4.60. The van der Waals surface area contributed by atoms with Crippen molar-refractivity contribution in [3.05, 3.63) is 24.3 Å². The highest BCUT2D eigenvalue weighted by Gasteiger charge is 2.54. The first kappa shape index (κ1) is 17.4. The quantitative estimate of drug-likeness (QED) is 0.727. The van der Waals surface area contributed by atoms with Gasteiger partial charge in [-0.05, 0) is 12.1 Å². The van der Waals surface area contributed by atoms with E-state index in [4.69, 9.17) is 9.47 Å². The average molecular weight is 376 g/mol. The molecule has 0 atom stereocenters. The first-order chi connectivity index (χ1) is 12.7. The molecule has 3 heterocycles. The summed E-state index contributed by atoms with van der Waals surface area (Å²) in [6, 6.07) is 7.43. The number of carbonyl (C=O) groups is 2. The molecule has 0 aliphatic carbocycles. The molecule has 1 aromatic rings. The van der Waals surface area contributed by atoms with Crippen molar-refractivity contribution in [2.75, 3.05) is 52.6 Å². The first-order valence-electron chi connectivity index (χ1n) is 8.66. The van der Waals surface area contributed by atoms with Crippen LogP contribution in [-0.4, -0.2) is 79.1 Å². The second-order valence-electron chi connectivity index (χ2n) is 6.22. The van der Waals surface area contributed by atoms with Crippen LogP contribution in [0.25, 0.3) is 0 Å². The number of rotatable bonds is 2. The largest absolute Gasteiger partial charge is 0.378 e. The molecule has 2 fully saturated rings. The van der Waals surface area contributed by atoms with Crippen molar-refractivity contribution in [2.24, 2.45) is 10.2 Å². The first-order valence-corrected chi connectivity index (χ1v) is 9.47. The molecular formula is C17H20N4O4S. The summed E-state index contributed by atoms with van der Waals surface area (Å²) in [6.07, 6.45) is 0. The molecule has 0 unspecified atom stereocenters. The molecule has 0 saturated carbocycles. The van der Waals surface area contributed by atoms with Gasteiger partial charge in [-0.1, -0.05) is 23.9 Å². The Morgan fingerprint density at radius 2 is 1.46 bits per heavy atom. The van der Waals surface area contributed by atoms with E-state index in [1.165, 1.54) is 11.8 Å². The van der Waals surface area contributed by atoms with E-state index in [1.807, 2.05) is 24.3 Å². The predicted octanol–water partition coefficient (Wildman–Crippen LogP) is 1.29. The van der Waals surface area contributed by atoms with E-state index in [0.29, 0.717) is 58.3 Å². The number of carbonyl (C=O) groups excluding carboxylic acids is 2. The van der Waals surface area contributed by atoms with Gasteiger partial charge in [0.15, 0.2) is 0 Å². The van der Waals surface area contributed by atoms with Gasteiger partial charge in [-0.2, -0.15) is 5.11 Å². The number of ether oxygens (including phenoxy) is 2. The van der Waals surface area contributed by atoms with Crippen molar-refractivity contribution in [1.29, 1.82) is 0 Å². The highest BCUT2D eigenvalue weighted by atomic mass is 32.2. The fourth-order valence-electron chi connectivity index (χ4n) is 3.16. The van der Waals surface area contributed by atoms with Crippen molar-refractivity contribution in [3.8, 4) is 0 Å². The molecule has 0 aromatic heterocycles. The fraction of sp³-hybridized carbons (Fsp3) is 0.529. The zero-order valence-electron chi connectivity index (χ0n) is 14.3. The van der Waals surface area contributed by atoms with Gasteiger partial charge in [0.05, 0.1) is 32.1 Å². The van der Waals surface area contributed by atoms with Crippen LogP contribution in [-0.2, 0) is 19.1 Å². The Bertz CT molecular complexity index is 699. The third-order valence-corrected chi connectivity index (χ3v) is 5.89. The molecule has 2 saturated heterocycles. The van der Waals surface area contributed by atoms with Crippen molar-refractivity contribution >= 4 is 29.3 Å². The Kier molecular flexibility index (Phi) is 4.92. The number of morpholine rings is 2. The van der Waals surface area contributed by atoms with Crippen LogP contribution in [0.3, 0.4) is 0 Å². The van der Waals surface area contributed by atoms with E-state index in [-0.39, 0.29) is 11.8 Å². The number of thioether (sulfide) groups is 1. The van der Waals surface area contributed by atoms with Crippen LogP contribution < -0.4 is 0 Å². The Hall–Kier alpha value is -1.97. The predicted molar refractivity (Wildman–Crippen MR) is 94.3 cm³/mol. The van der Waals surface area contributed by atoms with E-state index < -0.39 is 4.87 Å². The summed E-state index contributed by atoms with van der Waals surface area (Å²) in [5.74, 6) is -0.638. The van der Waals surface area contributed by atoms with E-state index in [0.717, 1.165) is 4.90 Å². The topological polar surface area (TPSA) is 83.8 Å². The Morgan fingerprint density at radius 1 is 0.923 bits per heavy atom. The number of hydrogen-bond acceptors (Lipinski definition) is 7. The van der Waals surface area contributed by atoms with Crippen LogP contribution in [0.4, 0.5) is 5.69 Å². The van der Waals surface area contributed by atoms with Gasteiger partial charge in [0.2, 0.25) is 0 Å². The number of amides is 2. The van der Waals surface area contributed by atoms with Crippen LogP contribution >= 0.6 is 11.8 Å². The molecule has 8 nitrogen and oxygen atoms in total. The summed E-state index contributed by atoms with van der Waals surface area (Å²) in [6.45, 7) is 3.67. The summed E-state index contributed by atoms with van der Waals surface area (Å²) in [5, 5.41) is 8.50. The molecule has 2 amide bonds. The van der Waals surface area contributed by atoms with Crippen molar-refractivity contribution in [1.82, 2.24) is 9.80 Å². The molecule has 4 rings (SSSR count). The molecule has 3 aliphatic heterocycles. The lowest BCUT2D eigenvalue weighted by molar-refractivity contribution is -0.149. The second-order valence-corrected chi connectivity index (χ2v) is 7.46. The van der Waals surface area contributed by atoms with E-state index in [2.05, 4.69) is 10.2 Å². The van der Waals surface area contributed by atoms with Crippen LogP contribution in [0, 0.1) is 0 Å². The highest BCUT2D eigenvalue weighted by molar-refractivity contribution is 8.02. The lowest BCUT2D eigenvalue weighted by atomic mass is 10.2. The third kappa shape index (κ3) is 3.10. The van der Waals surface area contributed by atoms with Crippen LogP contribution in [0.15, 0.2) is 39.4 Å². The summed E-state index contributed by atoms with van der Waals surface area (Å²) in [7, 11) is 0. The normalized spacial score (nSPS) is 22.0. The monoisotopic (exact) mass is 376 g/mol. The molecule has 0 bridgehead atoms. The van der Waals surface area contributed by atoms with Gasteiger partial charge in [0.1, 0.15) is 0 Å². The van der Waals surface area contributed by atoms with E-state index >= 15 is 0 Å². The zero-order valence-corrected chi connectivity index (χ0v) is 15.1.